The van der Waals surface area contributed by atoms with Gasteiger partial charge in [-0.05, 0) is 0 Å². The summed E-state index contributed by atoms with van der Waals surface area (Å²) < 4.78 is 46.9. The lowest BCUT2D eigenvalue weighted by Gasteiger charge is -2.17. The van der Waals surface area contributed by atoms with Gasteiger partial charge in [-0.1, -0.05) is 0 Å². The van der Waals surface area contributed by atoms with E-state index in [9.17, 15) is 22.4 Å². The number of hydrogen-bond acceptors (Lipinski definition) is 2. The maximum absolute atomic E-state index is 12.2. The molecule has 0 radical (unpaired) electrons. The number of alkyl halides is 4. The largest absolute Gasteiger partial charge is 0.481 e. The van der Waals surface area contributed by atoms with Crippen LogP contribution in [0.25, 0.3) is 0 Å². The standard InChI is InChI=1S/C5H7F4NO2/c6-3(5(7,8)9)2(1-10)4(11)12/h2-3H,1,10H2,(H,11,12). The molecule has 0 aliphatic carbocycles. The van der Waals surface area contributed by atoms with Crippen molar-refractivity contribution >= 4 is 5.97 Å². The highest BCUT2D eigenvalue weighted by atomic mass is 19.4. The van der Waals surface area contributed by atoms with E-state index in [-0.39, 0.29) is 0 Å². The Balaban J connectivity index is 4.42. The molecule has 72 valence electrons. The molecule has 2 atom stereocenters. The van der Waals surface area contributed by atoms with E-state index in [0.717, 1.165) is 0 Å². The fourth-order valence-electron chi connectivity index (χ4n) is 0.574. The van der Waals surface area contributed by atoms with Crippen molar-refractivity contribution in [1.82, 2.24) is 0 Å². The summed E-state index contributed by atoms with van der Waals surface area (Å²) in [7, 11) is 0. The molecule has 0 aliphatic heterocycles. The fourth-order valence-corrected chi connectivity index (χ4v) is 0.574. The number of hydrogen-bond donors (Lipinski definition) is 2. The Bertz CT molecular complexity index is 169. The molecular weight excluding hydrogens is 182 g/mol. The van der Waals surface area contributed by atoms with Gasteiger partial charge in [-0.2, -0.15) is 13.2 Å². The first kappa shape index (κ1) is 11.2. The van der Waals surface area contributed by atoms with Crippen LogP contribution < -0.4 is 5.73 Å². The van der Waals surface area contributed by atoms with Crippen LogP contribution in [0.4, 0.5) is 17.6 Å². The fraction of sp³-hybridized carbons (Fsp3) is 0.800. The molecule has 0 aliphatic rings. The molecule has 0 saturated carbocycles. The highest BCUT2D eigenvalue weighted by molar-refractivity contribution is 5.71. The molecule has 0 bridgehead atoms. The van der Waals surface area contributed by atoms with E-state index in [2.05, 4.69) is 5.73 Å². The normalized spacial score (nSPS) is 17.1. The molecule has 3 nitrogen and oxygen atoms in total. The quantitative estimate of drug-likeness (QED) is 0.637. The van der Waals surface area contributed by atoms with Gasteiger partial charge in [0.1, 0.15) is 5.92 Å². The third kappa shape index (κ3) is 2.65. The molecule has 7 heteroatoms. The molecule has 0 fully saturated rings. The van der Waals surface area contributed by atoms with Crippen molar-refractivity contribution in [2.45, 2.75) is 12.3 Å². The van der Waals surface area contributed by atoms with Crippen LogP contribution in [0.1, 0.15) is 0 Å². The van der Waals surface area contributed by atoms with E-state index in [1.54, 1.807) is 0 Å². The molecule has 12 heavy (non-hydrogen) atoms. The van der Waals surface area contributed by atoms with Crippen molar-refractivity contribution in [2.75, 3.05) is 6.54 Å². The summed E-state index contributed by atoms with van der Waals surface area (Å²) in [6.45, 7) is -0.879. The van der Waals surface area contributed by atoms with Gasteiger partial charge in [0.25, 0.3) is 0 Å². The lowest BCUT2D eigenvalue weighted by molar-refractivity contribution is -0.200. The summed E-state index contributed by atoms with van der Waals surface area (Å²) >= 11 is 0. The summed E-state index contributed by atoms with van der Waals surface area (Å²) in [5, 5.41) is 8.09. The number of rotatable bonds is 3. The van der Waals surface area contributed by atoms with Crippen molar-refractivity contribution in [3.05, 3.63) is 0 Å². The molecule has 0 aromatic carbocycles. The van der Waals surface area contributed by atoms with Crippen LogP contribution in [0.15, 0.2) is 0 Å². The first-order chi connectivity index (χ1) is 5.30. The van der Waals surface area contributed by atoms with E-state index in [4.69, 9.17) is 5.11 Å². The van der Waals surface area contributed by atoms with E-state index in [1.165, 1.54) is 0 Å². The second-order valence-electron chi connectivity index (χ2n) is 2.12. The Hall–Kier alpha value is -0.850. The minimum atomic E-state index is -5.16. The number of carbonyl (C=O) groups is 1. The van der Waals surface area contributed by atoms with Crippen molar-refractivity contribution in [2.24, 2.45) is 11.7 Å². The van der Waals surface area contributed by atoms with Gasteiger partial charge in [0.2, 0.25) is 6.17 Å². The second kappa shape index (κ2) is 3.70. The van der Waals surface area contributed by atoms with Crippen LogP contribution in [-0.2, 0) is 4.79 Å². The number of halogens is 4. The zero-order valence-electron chi connectivity index (χ0n) is 5.81. The van der Waals surface area contributed by atoms with Gasteiger partial charge in [-0.25, -0.2) is 4.39 Å². The Kier molecular flexibility index (Phi) is 3.44. The molecule has 0 spiro atoms. The van der Waals surface area contributed by atoms with Crippen molar-refractivity contribution in [3.63, 3.8) is 0 Å². The first-order valence-electron chi connectivity index (χ1n) is 2.94. The summed E-state index contributed by atoms with van der Waals surface area (Å²) in [4.78, 5) is 10.00. The highest BCUT2D eigenvalue weighted by Gasteiger charge is 2.47. The Morgan fingerprint density at radius 2 is 1.92 bits per heavy atom. The molecule has 0 aromatic rings. The topological polar surface area (TPSA) is 63.3 Å². The van der Waals surface area contributed by atoms with E-state index < -0.39 is 30.8 Å². The van der Waals surface area contributed by atoms with E-state index in [0.29, 0.717) is 0 Å². The van der Waals surface area contributed by atoms with Gasteiger partial charge in [0.05, 0.1) is 0 Å². The van der Waals surface area contributed by atoms with Crippen LogP contribution in [0.3, 0.4) is 0 Å². The summed E-state index contributed by atoms with van der Waals surface area (Å²) in [5.74, 6) is -4.10. The average molecular weight is 189 g/mol. The summed E-state index contributed by atoms with van der Waals surface area (Å²) in [6.07, 6.45) is -8.57. The number of aliphatic carboxylic acids is 1. The summed E-state index contributed by atoms with van der Waals surface area (Å²) in [5.41, 5.74) is 4.65. The van der Waals surface area contributed by atoms with Gasteiger partial charge >= 0.3 is 12.1 Å². The number of nitrogens with two attached hydrogens (primary N) is 1. The maximum atomic E-state index is 12.2. The van der Waals surface area contributed by atoms with Gasteiger partial charge in [-0.3, -0.25) is 4.79 Å². The minimum Gasteiger partial charge on any atom is -0.481 e. The smallest absolute Gasteiger partial charge is 0.420 e. The van der Waals surface area contributed by atoms with Crippen molar-refractivity contribution in [1.29, 1.82) is 0 Å². The number of carboxylic acids is 1. The third-order valence-electron chi connectivity index (χ3n) is 1.24. The predicted octanol–water partition coefficient (Wildman–Crippen LogP) is 0.546. The second-order valence-corrected chi connectivity index (χ2v) is 2.12. The molecule has 0 amide bonds. The first-order valence-corrected chi connectivity index (χ1v) is 2.94. The van der Waals surface area contributed by atoms with Crippen LogP contribution in [0.2, 0.25) is 0 Å². The number of carboxylic acid groups (broad SMARTS) is 1. The van der Waals surface area contributed by atoms with Gasteiger partial charge in [-0.15, -0.1) is 0 Å². The van der Waals surface area contributed by atoms with Crippen molar-refractivity contribution < 1.29 is 27.5 Å². The third-order valence-corrected chi connectivity index (χ3v) is 1.24. The van der Waals surface area contributed by atoms with Crippen LogP contribution in [0, 0.1) is 5.92 Å². The van der Waals surface area contributed by atoms with Crippen molar-refractivity contribution in [3.8, 4) is 0 Å². The van der Waals surface area contributed by atoms with Gasteiger partial charge < -0.3 is 10.8 Å². The SMILES string of the molecule is NCC(C(=O)O)C(F)C(F)(F)F. The maximum Gasteiger partial charge on any atom is 0.420 e. The highest BCUT2D eigenvalue weighted by Crippen LogP contribution is 2.28. The van der Waals surface area contributed by atoms with Crippen LogP contribution in [-0.4, -0.2) is 30.0 Å². The monoisotopic (exact) mass is 189 g/mol. The van der Waals surface area contributed by atoms with Crippen LogP contribution >= 0.6 is 0 Å². The molecule has 3 N–H and O–H groups in total. The summed E-state index contributed by atoms with van der Waals surface area (Å²) in [6, 6.07) is 0. The molecular formula is C5H7F4NO2. The zero-order valence-corrected chi connectivity index (χ0v) is 5.81. The molecule has 0 aromatic heterocycles. The predicted molar refractivity (Wildman–Crippen MR) is 31.1 cm³/mol. The van der Waals surface area contributed by atoms with E-state index >= 15 is 0 Å². The lowest BCUT2D eigenvalue weighted by atomic mass is 10.0. The van der Waals surface area contributed by atoms with Gasteiger partial charge in [0.15, 0.2) is 0 Å². The Morgan fingerprint density at radius 3 is 2.00 bits per heavy atom. The van der Waals surface area contributed by atoms with Crippen LogP contribution in [0.5, 0.6) is 0 Å². The molecule has 0 heterocycles. The molecule has 0 saturated heterocycles. The lowest BCUT2D eigenvalue weighted by Crippen LogP contribution is -2.40. The van der Waals surface area contributed by atoms with Gasteiger partial charge in [0, 0.05) is 6.54 Å². The van der Waals surface area contributed by atoms with E-state index in [1.807, 2.05) is 0 Å². The molecule has 2 unspecified atom stereocenters. The Morgan fingerprint density at radius 1 is 1.50 bits per heavy atom. The Labute approximate surface area is 65.2 Å². The average Bonchev–Trinajstić information content (AvgIpc) is 1.86. The zero-order chi connectivity index (χ0) is 9.94. The minimum absolute atomic E-state index is 0.879. The molecule has 0 rings (SSSR count).